The molecule has 3 aromatic rings. The van der Waals surface area contributed by atoms with E-state index in [4.69, 9.17) is 14.2 Å². The average Bonchev–Trinajstić information content (AvgIpc) is 2.72. The Morgan fingerprint density at radius 3 is 2.39 bits per heavy atom. The van der Waals surface area contributed by atoms with Gasteiger partial charge in [-0.2, -0.15) is 4.98 Å². The number of ether oxygens (including phenoxy) is 3. The summed E-state index contributed by atoms with van der Waals surface area (Å²) in [5.41, 5.74) is 1.66. The van der Waals surface area contributed by atoms with Crippen LogP contribution in [0.25, 0.3) is 0 Å². The first-order valence-corrected chi connectivity index (χ1v) is 8.94. The number of nitrogens with one attached hydrogen (secondary N) is 2. The third kappa shape index (κ3) is 5.26. The number of hydrogen-bond acceptors (Lipinski definition) is 7. The molecule has 0 aliphatic rings. The average molecular weight is 380 g/mol. The van der Waals surface area contributed by atoms with Crippen molar-refractivity contribution >= 4 is 17.5 Å². The zero-order valence-corrected chi connectivity index (χ0v) is 16.2. The van der Waals surface area contributed by atoms with Crippen LogP contribution in [0.2, 0.25) is 0 Å². The SMILES string of the molecule is COc1ccc(OCCNc2cc(C)nc(Nc3ccccc3OC)n2)cc1. The van der Waals surface area contributed by atoms with Crippen LogP contribution in [-0.2, 0) is 0 Å². The third-order valence-corrected chi connectivity index (χ3v) is 3.94. The van der Waals surface area contributed by atoms with Gasteiger partial charge in [-0.1, -0.05) is 12.1 Å². The van der Waals surface area contributed by atoms with Gasteiger partial charge < -0.3 is 24.8 Å². The fourth-order valence-corrected chi connectivity index (χ4v) is 2.60. The largest absolute Gasteiger partial charge is 0.497 e. The number of methoxy groups -OCH3 is 2. The molecule has 1 heterocycles. The molecule has 0 saturated carbocycles. The van der Waals surface area contributed by atoms with E-state index >= 15 is 0 Å². The lowest BCUT2D eigenvalue weighted by Gasteiger charge is -2.12. The van der Waals surface area contributed by atoms with Crippen LogP contribution in [0.5, 0.6) is 17.2 Å². The smallest absolute Gasteiger partial charge is 0.229 e. The summed E-state index contributed by atoms with van der Waals surface area (Å²) in [6, 6.07) is 17.0. The Bertz CT molecular complexity index is 900. The molecule has 0 radical (unpaired) electrons. The molecule has 28 heavy (non-hydrogen) atoms. The van der Waals surface area contributed by atoms with Gasteiger partial charge in [0.15, 0.2) is 0 Å². The van der Waals surface area contributed by atoms with Crippen molar-refractivity contribution in [2.75, 3.05) is 38.0 Å². The molecule has 7 heteroatoms. The standard InChI is InChI=1S/C21H24N4O3/c1-15-14-20(22-12-13-28-17-10-8-16(26-2)9-11-17)25-21(23-15)24-18-6-4-5-7-19(18)27-3/h4-11,14H,12-13H2,1-3H3,(H2,22,23,24,25). The Hall–Kier alpha value is -3.48. The molecule has 0 fully saturated rings. The molecule has 3 rings (SSSR count). The Labute approximate surface area is 164 Å². The van der Waals surface area contributed by atoms with Crippen LogP contribution >= 0.6 is 0 Å². The highest BCUT2D eigenvalue weighted by Gasteiger charge is 2.06. The van der Waals surface area contributed by atoms with Gasteiger partial charge >= 0.3 is 0 Å². The highest BCUT2D eigenvalue weighted by atomic mass is 16.5. The summed E-state index contributed by atoms with van der Waals surface area (Å²) in [6.45, 7) is 3.04. The second-order valence-electron chi connectivity index (χ2n) is 5.99. The van der Waals surface area contributed by atoms with Gasteiger partial charge in [0.05, 0.1) is 26.5 Å². The quantitative estimate of drug-likeness (QED) is 0.543. The monoisotopic (exact) mass is 380 g/mol. The molecule has 7 nitrogen and oxygen atoms in total. The van der Waals surface area contributed by atoms with Crippen LogP contribution in [0.3, 0.4) is 0 Å². The zero-order chi connectivity index (χ0) is 19.8. The highest BCUT2D eigenvalue weighted by molar-refractivity contribution is 5.63. The molecule has 0 bridgehead atoms. The molecule has 2 aromatic carbocycles. The van der Waals surface area contributed by atoms with Gasteiger partial charge in [-0.15, -0.1) is 0 Å². The predicted octanol–water partition coefficient (Wildman–Crippen LogP) is 4.04. The minimum atomic E-state index is 0.503. The van der Waals surface area contributed by atoms with E-state index in [0.717, 1.165) is 34.4 Å². The van der Waals surface area contributed by atoms with Gasteiger partial charge in [0.1, 0.15) is 29.7 Å². The van der Waals surface area contributed by atoms with Crippen LogP contribution in [0.15, 0.2) is 54.6 Å². The van der Waals surface area contributed by atoms with Gasteiger partial charge in [-0.05, 0) is 43.3 Å². The van der Waals surface area contributed by atoms with Crippen LogP contribution in [0.4, 0.5) is 17.5 Å². The van der Waals surface area contributed by atoms with E-state index in [1.165, 1.54) is 0 Å². The van der Waals surface area contributed by atoms with E-state index in [1.807, 2.05) is 61.5 Å². The molecule has 1 aromatic heterocycles. The minimum Gasteiger partial charge on any atom is -0.497 e. The van der Waals surface area contributed by atoms with Gasteiger partial charge in [-0.3, -0.25) is 0 Å². The zero-order valence-electron chi connectivity index (χ0n) is 16.2. The molecule has 146 valence electrons. The molecule has 0 aliphatic carbocycles. The maximum Gasteiger partial charge on any atom is 0.229 e. The topological polar surface area (TPSA) is 77.5 Å². The molecule has 0 unspecified atom stereocenters. The van der Waals surface area contributed by atoms with Crippen molar-refractivity contribution in [1.82, 2.24) is 9.97 Å². The summed E-state index contributed by atoms with van der Waals surface area (Å²) in [6.07, 6.45) is 0. The van der Waals surface area contributed by atoms with Crippen molar-refractivity contribution in [2.45, 2.75) is 6.92 Å². The van der Waals surface area contributed by atoms with Crippen molar-refractivity contribution < 1.29 is 14.2 Å². The third-order valence-electron chi connectivity index (χ3n) is 3.94. The predicted molar refractivity (Wildman–Crippen MR) is 110 cm³/mol. The van der Waals surface area contributed by atoms with Gasteiger partial charge in [0.25, 0.3) is 0 Å². The van der Waals surface area contributed by atoms with E-state index in [-0.39, 0.29) is 0 Å². The molecule has 2 N–H and O–H groups in total. The first kappa shape index (κ1) is 19.3. The Kier molecular flexibility index (Phi) is 6.51. The number of rotatable bonds is 9. The van der Waals surface area contributed by atoms with Crippen LogP contribution < -0.4 is 24.8 Å². The number of benzene rings is 2. The van der Waals surface area contributed by atoms with Crippen LogP contribution in [0.1, 0.15) is 5.69 Å². The second kappa shape index (κ2) is 9.45. The number of aryl methyl sites for hydroxylation is 1. The molecular weight excluding hydrogens is 356 g/mol. The highest BCUT2D eigenvalue weighted by Crippen LogP contribution is 2.26. The number of aromatic nitrogens is 2. The van der Waals surface area contributed by atoms with Gasteiger partial charge in [0, 0.05) is 11.8 Å². The van der Waals surface area contributed by atoms with E-state index < -0.39 is 0 Å². The number of anilines is 3. The number of hydrogen-bond donors (Lipinski definition) is 2. The van der Waals surface area contributed by atoms with Crippen molar-refractivity contribution in [2.24, 2.45) is 0 Å². The normalized spacial score (nSPS) is 10.2. The van der Waals surface area contributed by atoms with E-state index in [9.17, 15) is 0 Å². The lowest BCUT2D eigenvalue weighted by Crippen LogP contribution is -2.13. The van der Waals surface area contributed by atoms with E-state index in [0.29, 0.717) is 19.1 Å². The molecule has 0 amide bonds. The maximum absolute atomic E-state index is 5.72. The molecule has 0 atom stereocenters. The van der Waals surface area contributed by atoms with Gasteiger partial charge in [-0.25, -0.2) is 4.98 Å². The Morgan fingerprint density at radius 1 is 0.893 bits per heavy atom. The number of nitrogens with zero attached hydrogens (tertiary/aromatic N) is 2. The van der Waals surface area contributed by atoms with E-state index in [1.54, 1.807) is 14.2 Å². The van der Waals surface area contributed by atoms with Crippen molar-refractivity contribution in [3.05, 3.63) is 60.3 Å². The Balaban J connectivity index is 1.57. The summed E-state index contributed by atoms with van der Waals surface area (Å²) in [7, 11) is 3.27. The lowest BCUT2D eigenvalue weighted by molar-refractivity contribution is 0.331. The molecule has 0 spiro atoms. The molecule has 0 saturated heterocycles. The first-order chi connectivity index (χ1) is 13.7. The summed E-state index contributed by atoms with van der Waals surface area (Å²) < 4.78 is 16.2. The molecular formula is C21H24N4O3. The Morgan fingerprint density at radius 2 is 1.64 bits per heavy atom. The summed E-state index contributed by atoms with van der Waals surface area (Å²) in [4.78, 5) is 8.95. The summed E-state index contributed by atoms with van der Waals surface area (Å²) >= 11 is 0. The van der Waals surface area contributed by atoms with Gasteiger partial charge in [0.2, 0.25) is 5.95 Å². The van der Waals surface area contributed by atoms with Crippen LogP contribution in [0, 0.1) is 6.92 Å². The fourth-order valence-electron chi connectivity index (χ4n) is 2.60. The number of para-hydroxylation sites is 2. The second-order valence-corrected chi connectivity index (χ2v) is 5.99. The minimum absolute atomic E-state index is 0.503. The fraction of sp³-hybridized carbons (Fsp3) is 0.238. The van der Waals surface area contributed by atoms with Crippen molar-refractivity contribution in [3.63, 3.8) is 0 Å². The van der Waals surface area contributed by atoms with E-state index in [2.05, 4.69) is 20.6 Å². The summed E-state index contributed by atoms with van der Waals surface area (Å²) in [5, 5.41) is 6.46. The van der Waals surface area contributed by atoms with Crippen molar-refractivity contribution in [1.29, 1.82) is 0 Å². The lowest BCUT2D eigenvalue weighted by atomic mass is 10.3. The van der Waals surface area contributed by atoms with Crippen molar-refractivity contribution in [3.8, 4) is 17.2 Å². The summed E-state index contributed by atoms with van der Waals surface area (Å²) in [5.74, 6) is 3.55. The first-order valence-electron chi connectivity index (χ1n) is 8.94. The van der Waals surface area contributed by atoms with Crippen LogP contribution in [-0.4, -0.2) is 37.3 Å². The maximum atomic E-state index is 5.72. The molecule has 0 aliphatic heterocycles.